The molecule has 0 aliphatic carbocycles. The van der Waals surface area contributed by atoms with Crippen LogP contribution in [0.25, 0.3) is 0 Å². The second-order valence-electron chi connectivity index (χ2n) is 17.2. The van der Waals surface area contributed by atoms with Crippen molar-refractivity contribution < 1.29 is 71.4 Å². The zero-order valence-corrected chi connectivity index (χ0v) is 43.4. The highest BCUT2D eigenvalue weighted by Gasteiger charge is 2.46. The Morgan fingerprint density at radius 1 is 0.746 bits per heavy atom. The highest BCUT2D eigenvalue weighted by molar-refractivity contribution is 7.61. The van der Waals surface area contributed by atoms with Crippen LogP contribution in [0, 0.1) is 0 Å². The minimum atomic E-state index is -5.47. The summed E-state index contributed by atoms with van der Waals surface area (Å²) in [6, 6.07) is 1.23. The minimum Gasteiger partial charge on any atom is -0.462 e. The lowest BCUT2D eigenvalue weighted by molar-refractivity contribution is -0.161. The molecular weight excluding hydrogens is 961 g/mol. The van der Waals surface area contributed by atoms with Crippen LogP contribution in [0.15, 0.2) is 90.0 Å². The van der Waals surface area contributed by atoms with Crippen LogP contribution >= 0.6 is 15.6 Å². The van der Waals surface area contributed by atoms with E-state index in [1.165, 1.54) is 63.9 Å². The summed E-state index contributed by atoms with van der Waals surface area (Å²) in [6.45, 7) is 1.88. The molecule has 19 nitrogen and oxygen atoms in total. The molecule has 1 aromatic heterocycles. The fourth-order valence-electron chi connectivity index (χ4n) is 6.92. The minimum absolute atomic E-state index is 0.0413. The van der Waals surface area contributed by atoms with E-state index in [1.54, 1.807) is 12.2 Å². The van der Waals surface area contributed by atoms with E-state index in [0.29, 0.717) is 19.3 Å². The SMILES string of the molecule is CCCCC/C=C\C/C=C\C/C=C\CCCCC(=O)O[C@H](COC(=O)CCCC(O)/C=C/C=C/C/C=C/CCCCCCCC)COP(=O)(O)OP(=O)(O)OC[C@H]1O[C@@H](n2ccc(N)nc2=O)[C@H](O)[C@@H]1O. The standard InChI is InChI=1S/C50H81N3O16P2/c1-3-5-7-9-11-13-15-17-18-20-22-24-26-28-30-34-46(56)67-42(38-64-45(55)35-31-33-41(54)32-29-27-25-23-21-19-16-14-12-10-8-6-4-2)39-65-70(60,61)69-71(62,63)66-40-43-47(57)48(58)49(68-43)53-37-36-44(51)52-50(53)59/h11,13,17-19,21-22,24-25,27,29,32,36-37,41-43,47-49,54,57-58H,3-10,12,14-16,20,23,26,28,30-31,33-35,38-40H2,1-2H3,(H,60,61)(H,62,63)(H2,51,52,59)/b13-11-,18-17-,21-19+,24-22-,27-25+,32-29+/t41?,42-,43-,47-,48-,49-/m1/s1. The molecule has 0 amide bonds. The van der Waals surface area contributed by atoms with Crippen LogP contribution in [0.2, 0.25) is 0 Å². The van der Waals surface area contributed by atoms with Gasteiger partial charge < -0.3 is 45.1 Å². The van der Waals surface area contributed by atoms with Crippen LogP contribution in [-0.2, 0) is 46.3 Å². The Morgan fingerprint density at radius 2 is 1.31 bits per heavy atom. The molecule has 1 fully saturated rings. The van der Waals surface area contributed by atoms with Gasteiger partial charge in [0.05, 0.1) is 19.3 Å². The first-order valence-corrected chi connectivity index (χ1v) is 28.0. The molecule has 0 aromatic carbocycles. The summed E-state index contributed by atoms with van der Waals surface area (Å²) in [6.07, 6.45) is 34.5. The monoisotopic (exact) mass is 1040 g/mol. The average molecular weight is 1040 g/mol. The predicted molar refractivity (Wildman–Crippen MR) is 271 cm³/mol. The maximum absolute atomic E-state index is 12.8. The number of phosphoric ester groups is 2. The molecule has 402 valence electrons. The number of rotatable bonds is 40. The van der Waals surface area contributed by atoms with Gasteiger partial charge in [-0.15, -0.1) is 0 Å². The first kappa shape index (κ1) is 63.3. The van der Waals surface area contributed by atoms with Crippen molar-refractivity contribution in [3.63, 3.8) is 0 Å². The number of aliphatic hydroxyl groups excluding tert-OH is 3. The first-order valence-electron chi connectivity index (χ1n) is 25.1. The number of aliphatic hydroxyl groups is 3. The van der Waals surface area contributed by atoms with Gasteiger partial charge in [0.2, 0.25) is 0 Å². The zero-order valence-electron chi connectivity index (χ0n) is 41.6. The highest BCUT2D eigenvalue weighted by atomic mass is 31.3. The number of carbonyl (C=O) groups is 2. The van der Waals surface area contributed by atoms with Crippen molar-refractivity contribution in [3.8, 4) is 0 Å². The third-order valence-electron chi connectivity index (χ3n) is 10.9. The molecule has 1 aliphatic heterocycles. The Morgan fingerprint density at radius 3 is 1.97 bits per heavy atom. The number of allylic oxidation sites excluding steroid dienone is 11. The second kappa shape index (κ2) is 37.8. The number of unbranched alkanes of at least 4 members (excludes halogenated alkanes) is 11. The number of aromatic nitrogens is 2. The molecule has 3 unspecified atom stereocenters. The molecule has 2 rings (SSSR count). The summed E-state index contributed by atoms with van der Waals surface area (Å²) in [5, 5.41) is 31.2. The molecule has 7 N–H and O–H groups in total. The van der Waals surface area contributed by atoms with Gasteiger partial charge in [-0.25, -0.2) is 13.9 Å². The Hall–Kier alpha value is -3.84. The van der Waals surface area contributed by atoms with Crippen molar-refractivity contribution in [2.75, 3.05) is 25.6 Å². The van der Waals surface area contributed by atoms with Crippen LogP contribution in [0.4, 0.5) is 5.82 Å². The Kier molecular flexibility index (Phi) is 33.7. The van der Waals surface area contributed by atoms with Gasteiger partial charge in [0.25, 0.3) is 0 Å². The summed E-state index contributed by atoms with van der Waals surface area (Å²) in [5.41, 5.74) is 4.57. The lowest BCUT2D eigenvalue weighted by Gasteiger charge is -2.21. The molecular formula is C50H81N3O16P2. The molecule has 1 aliphatic rings. The fraction of sp³-hybridized carbons (Fsp3) is 0.640. The van der Waals surface area contributed by atoms with E-state index in [4.69, 9.17) is 29.0 Å². The Labute approximate surface area is 419 Å². The van der Waals surface area contributed by atoms with Gasteiger partial charge in [0, 0.05) is 19.0 Å². The molecule has 0 radical (unpaired) electrons. The number of nitrogens with zero attached hydrogens (tertiary/aromatic N) is 2. The van der Waals surface area contributed by atoms with Crippen molar-refractivity contribution in [2.45, 2.75) is 185 Å². The molecule has 0 saturated carbocycles. The number of esters is 2. The normalized spacial score (nSPS) is 20.2. The summed E-state index contributed by atoms with van der Waals surface area (Å²) in [7, 11) is -10.9. The van der Waals surface area contributed by atoms with Crippen LogP contribution < -0.4 is 11.4 Å². The third kappa shape index (κ3) is 30.7. The van der Waals surface area contributed by atoms with Gasteiger partial charge in [-0.1, -0.05) is 132 Å². The van der Waals surface area contributed by atoms with E-state index in [0.717, 1.165) is 42.9 Å². The zero-order chi connectivity index (χ0) is 52.2. The lowest BCUT2D eigenvalue weighted by Crippen LogP contribution is -2.36. The molecule has 0 spiro atoms. The molecule has 21 heteroatoms. The van der Waals surface area contributed by atoms with E-state index in [2.05, 4.69) is 59.6 Å². The van der Waals surface area contributed by atoms with Crippen LogP contribution in [0.3, 0.4) is 0 Å². The van der Waals surface area contributed by atoms with E-state index >= 15 is 0 Å². The summed E-state index contributed by atoms with van der Waals surface area (Å²) >= 11 is 0. The van der Waals surface area contributed by atoms with Gasteiger partial charge in [0.15, 0.2) is 12.3 Å². The van der Waals surface area contributed by atoms with Gasteiger partial charge in [-0.3, -0.25) is 23.2 Å². The van der Waals surface area contributed by atoms with Crippen LogP contribution in [0.5, 0.6) is 0 Å². The van der Waals surface area contributed by atoms with E-state index in [1.807, 2.05) is 24.3 Å². The van der Waals surface area contributed by atoms with Gasteiger partial charge >= 0.3 is 33.3 Å². The number of hydrogen-bond donors (Lipinski definition) is 6. The van der Waals surface area contributed by atoms with Gasteiger partial charge in [-0.2, -0.15) is 9.29 Å². The smallest absolute Gasteiger partial charge is 0.462 e. The van der Waals surface area contributed by atoms with Gasteiger partial charge in [-0.05, 0) is 83.1 Å². The lowest BCUT2D eigenvalue weighted by atomic mass is 10.1. The second-order valence-corrected chi connectivity index (χ2v) is 20.2. The van der Waals surface area contributed by atoms with E-state index in [-0.39, 0.29) is 31.5 Å². The molecule has 71 heavy (non-hydrogen) atoms. The fourth-order valence-corrected chi connectivity index (χ4v) is 9.03. The quantitative estimate of drug-likeness (QED) is 0.0117. The van der Waals surface area contributed by atoms with Crippen molar-refractivity contribution in [1.82, 2.24) is 9.55 Å². The van der Waals surface area contributed by atoms with Crippen molar-refractivity contribution in [2.24, 2.45) is 0 Å². The number of hydrogen-bond acceptors (Lipinski definition) is 16. The van der Waals surface area contributed by atoms with Crippen LogP contribution in [0.1, 0.15) is 155 Å². The number of ether oxygens (including phenoxy) is 3. The number of carbonyl (C=O) groups excluding carboxylic acids is 2. The van der Waals surface area contributed by atoms with Crippen molar-refractivity contribution >= 4 is 33.4 Å². The summed E-state index contributed by atoms with van der Waals surface area (Å²) < 4.78 is 56.5. The topological polar surface area (TPSA) is 286 Å². The van der Waals surface area contributed by atoms with Crippen LogP contribution in [-0.4, -0.2) is 96.9 Å². The van der Waals surface area contributed by atoms with E-state index in [9.17, 15) is 48.6 Å². The number of nitrogens with two attached hydrogens (primary N) is 1. The first-order chi connectivity index (χ1) is 34.1. The third-order valence-corrected chi connectivity index (χ3v) is 13.5. The summed E-state index contributed by atoms with van der Waals surface area (Å²) in [4.78, 5) is 61.9. The molecule has 0 bridgehead atoms. The maximum Gasteiger partial charge on any atom is 0.481 e. The molecule has 1 aromatic rings. The number of nitrogen functional groups attached to an aromatic ring is 1. The molecule has 2 heterocycles. The predicted octanol–water partition coefficient (Wildman–Crippen LogP) is 9.08. The van der Waals surface area contributed by atoms with Crippen molar-refractivity contribution in [3.05, 3.63) is 95.7 Å². The van der Waals surface area contributed by atoms with Gasteiger partial charge in [0.1, 0.15) is 30.7 Å². The average Bonchev–Trinajstić information content (AvgIpc) is 3.60. The molecule has 8 atom stereocenters. The van der Waals surface area contributed by atoms with Crippen molar-refractivity contribution in [1.29, 1.82) is 0 Å². The van der Waals surface area contributed by atoms with E-state index < -0.39 is 89.8 Å². The maximum atomic E-state index is 12.8. The molecule has 1 saturated heterocycles. The largest absolute Gasteiger partial charge is 0.481 e. The highest BCUT2D eigenvalue weighted by Crippen LogP contribution is 2.60. The Balaban J connectivity index is 1.88. The summed E-state index contributed by atoms with van der Waals surface area (Å²) in [5.74, 6) is -1.56. The number of anilines is 1. The number of phosphoric acid groups is 2. The Bertz CT molecular complexity index is 1990.